The van der Waals surface area contributed by atoms with E-state index in [0.717, 1.165) is 16.7 Å². The van der Waals surface area contributed by atoms with Gasteiger partial charge in [-0.2, -0.15) is 0 Å². The monoisotopic (exact) mass is 224 g/mol. The number of benzene rings is 2. The fourth-order valence-electron chi connectivity index (χ4n) is 1.61. The molecule has 0 aliphatic heterocycles. The van der Waals surface area contributed by atoms with E-state index >= 15 is 0 Å². The normalized spacial score (nSPS) is 9.94. The summed E-state index contributed by atoms with van der Waals surface area (Å²) in [6.45, 7) is 2.10. The van der Waals surface area contributed by atoms with Crippen LogP contribution in [0, 0.1) is 6.07 Å². The molecule has 0 aliphatic carbocycles. The fourth-order valence-corrected chi connectivity index (χ4v) is 1.61. The molecule has 0 saturated heterocycles. The van der Waals surface area contributed by atoms with Crippen molar-refractivity contribution in [3.05, 3.63) is 60.2 Å². The first-order valence-electron chi connectivity index (χ1n) is 5.55. The van der Waals surface area contributed by atoms with Crippen LogP contribution in [0.3, 0.4) is 0 Å². The first-order valence-corrected chi connectivity index (χ1v) is 5.55. The number of hydrogen-bond acceptors (Lipinski definition) is 1. The molecule has 0 fully saturated rings. The zero-order valence-corrected chi connectivity index (χ0v) is 9.73. The van der Waals surface area contributed by atoms with E-state index in [1.165, 1.54) is 6.92 Å². The van der Waals surface area contributed by atoms with Gasteiger partial charge >= 0.3 is 0 Å². The van der Waals surface area contributed by atoms with Crippen LogP contribution in [-0.4, -0.2) is 5.91 Å². The van der Waals surface area contributed by atoms with Crippen molar-refractivity contribution in [3.8, 4) is 11.1 Å². The Hall–Kier alpha value is -2.09. The summed E-state index contributed by atoms with van der Waals surface area (Å²) >= 11 is 0. The van der Waals surface area contributed by atoms with Crippen molar-refractivity contribution in [2.24, 2.45) is 0 Å². The van der Waals surface area contributed by atoms with Crippen LogP contribution in [0.2, 0.25) is 0 Å². The van der Waals surface area contributed by atoms with Gasteiger partial charge in [-0.1, -0.05) is 42.5 Å². The SMILES string of the molecule is CC(=O)NCc1ccc(-c2c[c]ccc2)cc1. The number of hydrogen-bond donors (Lipinski definition) is 1. The Morgan fingerprint density at radius 3 is 2.53 bits per heavy atom. The van der Waals surface area contributed by atoms with Gasteiger partial charge < -0.3 is 5.32 Å². The lowest BCUT2D eigenvalue weighted by molar-refractivity contribution is -0.119. The lowest BCUT2D eigenvalue weighted by Crippen LogP contribution is -2.18. The van der Waals surface area contributed by atoms with Crippen molar-refractivity contribution in [1.29, 1.82) is 0 Å². The average molecular weight is 224 g/mol. The summed E-state index contributed by atoms with van der Waals surface area (Å²) in [5, 5.41) is 2.78. The van der Waals surface area contributed by atoms with E-state index in [9.17, 15) is 4.79 Å². The summed E-state index contributed by atoms with van der Waals surface area (Å²) < 4.78 is 0. The van der Waals surface area contributed by atoms with E-state index in [2.05, 4.69) is 29.6 Å². The highest BCUT2D eigenvalue weighted by molar-refractivity contribution is 5.72. The molecule has 1 radical (unpaired) electrons. The number of amides is 1. The van der Waals surface area contributed by atoms with E-state index in [0.29, 0.717) is 6.54 Å². The molecule has 0 unspecified atom stereocenters. The third-order valence-electron chi connectivity index (χ3n) is 2.54. The number of carbonyl (C=O) groups excluding carboxylic acids is 1. The van der Waals surface area contributed by atoms with Crippen molar-refractivity contribution in [2.75, 3.05) is 0 Å². The molecule has 0 bridgehead atoms. The van der Waals surface area contributed by atoms with Gasteiger partial charge in [0.25, 0.3) is 0 Å². The summed E-state index contributed by atoms with van der Waals surface area (Å²) in [4.78, 5) is 10.8. The summed E-state index contributed by atoms with van der Waals surface area (Å²) in [6.07, 6.45) is 0. The Kier molecular flexibility index (Phi) is 3.55. The van der Waals surface area contributed by atoms with Crippen LogP contribution in [0.1, 0.15) is 12.5 Å². The van der Waals surface area contributed by atoms with Crippen LogP contribution in [0.4, 0.5) is 0 Å². The Bertz CT molecular complexity index is 488. The maximum absolute atomic E-state index is 10.8. The topological polar surface area (TPSA) is 29.1 Å². The van der Waals surface area contributed by atoms with Gasteiger partial charge in [0.15, 0.2) is 0 Å². The molecule has 2 aromatic carbocycles. The molecule has 0 aromatic heterocycles. The van der Waals surface area contributed by atoms with E-state index in [1.54, 1.807) is 0 Å². The van der Waals surface area contributed by atoms with Crippen LogP contribution in [0.15, 0.2) is 48.5 Å². The summed E-state index contributed by atoms with van der Waals surface area (Å²) in [5.41, 5.74) is 3.41. The summed E-state index contributed by atoms with van der Waals surface area (Å²) in [7, 11) is 0. The predicted molar refractivity (Wildman–Crippen MR) is 68.2 cm³/mol. The van der Waals surface area contributed by atoms with Gasteiger partial charge in [-0.15, -0.1) is 0 Å². The molecule has 0 atom stereocenters. The molecule has 2 rings (SSSR count). The molecule has 85 valence electrons. The molecule has 0 heterocycles. The van der Waals surface area contributed by atoms with E-state index in [4.69, 9.17) is 0 Å². The standard InChI is InChI=1S/C15H14NO/c1-12(17)16-11-13-7-9-15(10-8-13)14-5-3-2-4-6-14/h2-3,5-10H,11H2,1H3,(H,16,17). The van der Waals surface area contributed by atoms with E-state index < -0.39 is 0 Å². The van der Waals surface area contributed by atoms with Crippen molar-refractivity contribution in [2.45, 2.75) is 13.5 Å². The summed E-state index contributed by atoms with van der Waals surface area (Å²) in [5.74, 6) is -0.00765. The lowest BCUT2D eigenvalue weighted by atomic mass is 10.0. The van der Waals surface area contributed by atoms with E-state index in [-0.39, 0.29) is 5.91 Å². The van der Waals surface area contributed by atoms with Crippen LogP contribution >= 0.6 is 0 Å². The number of carbonyl (C=O) groups is 1. The van der Waals surface area contributed by atoms with Crippen molar-refractivity contribution in [3.63, 3.8) is 0 Å². The zero-order chi connectivity index (χ0) is 12.1. The second-order valence-electron chi connectivity index (χ2n) is 3.90. The molecule has 1 amide bonds. The minimum Gasteiger partial charge on any atom is -0.352 e. The van der Waals surface area contributed by atoms with Crippen LogP contribution in [0.5, 0.6) is 0 Å². The second-order valence-corrected chi connectivity index (χ2v) is 3.90. The van der Waals surface area contributed by atoms with Gasteiger partial charge in [-0.3, -0.25) is 4.79 Å². The third-order valence-corrected chi connectivity index (χ3v) is 2.54. The van der Waals surface area contributed by atoms with Gasteiger partial charge in [0, 0.05) is 13.5 Å². The highest BCUT2D eigenvalue weighted by Gasteiger charge is 1.98. The number of rotatable bonds is 3. The van der Waals surface area contributed by atoms with Gasteiger partial charge in [-0.05, 0) is 28.8 Å². The van der Waals surface area contributed by atoms with Gasteiger partial charge in [-0.25, -0.2) is 0 Å². The number of nitrogens with one attached hydrogen (secondary N) is 1. The minimum atomic E-state index is -0.00765. The predicted octanol–water partition coefficient (Wildman–Crippen LogP) is 2.79. The van der Waals surface area contributed by atoms with Crippen LogP contribution in [-0.2, 0) is 11.3 Å². The lowest BCUT2D eigenvalue weighted by Gasteiger charge is -2.05. The fraction of sp³-hybridized carbons (Fsp3) is 0.133. The van der Waals surface area contributed by atoms with Gasteiger partial charge in [0.2, 0.25) is 5.91 Å². The van der Waals surface area contributed by atoms with Gasteiger partial charge in [0.1, 0.15) is 0 Å². The molecule has 17 heavy (non-hydrogen) atoms. The first-order chi connectivity index (χ1) is 8.25. The largest absolute Gasteiger partial charge is 0.352 e. The highest BCUT2D eigenvalue weighted by atomic mass is 16.1. The quantitative estimate of drug-likeness (QED) is 0.853. The second kappa shape index (κ2) is 5.30. The molecular formula is C15H14NO. The highest BCUT2D eigenvalue weighted by Crippen LogP contribution is 2.18. The van der Waals surface area contributed by atoms with Crippen molar-refractivity contribution >= 4 is 5.91 Å². The zero-order valence-electron chi connectivity index (χ0n) is 9.73. The smallest absolute Gasteiger partial charge is 0.217 e. The van der Waals surface area contributed by atoms with E-state index in [1.807, 2.05) is 30.3 Å². The average Bonchev–Trinajstić information content (AvgIpc) is 2.38. The molecule has 0 saturated carbocycles. The molecule has 0 spiro atoms. The maximum atomic E-state index is 10.8. The molecule has 2 heteroatoms. The van der Waals surface area contributed by atoms with Gasteiger partial charge in [0.05, 0.1) is 0 Å². The Labute approximate surface area is 101 Å². The molecule has 1 N–H and O–H groups in total. The molecular weight excluding hydrogens is 210 g/mol. The maximum Gasteiger partial charge on any atom is 0.217 e. The summed E-state index contributed by atoms with van der Waals surface area (Å²) in [6, 6.07) is 19.1. The van der Waals surface area contributed by atoms with Crippen LogP contribution < -0.4 is 5.32 Å². The Balaban J connectivity index is 2.11. The van der Waals surface area contributed by atoms with Crippen LogP contribution in [0.25, 0.3) is 11.1 Å². The molecule has 0 aliphatic rings. The third kappa shape index (κ3) is 3.18. The van der Waals surface area contributed by atoms with Crippen molar-refractivity contribution < 1.29 is 4.79 Å². The first kappa shape index (κ1) is 11.4. The van der Waals surface area contributed by atoms with Crippen molar-refractivity contribution in [1.82, 2.24) is 5.32 Å². The Morgan fingerprint density at radius 2 is 1.94 bits per heavy atom. The minimum absolute atomic E-state index is 0.00765. The molecule has 2 aromatic rings. The molecule has 2 nitrogen and oxygen atoms in total. The Morgan fingerprint density at radius 1 is 1.18 bits per heavy atom.